The Morgan fingerprint density at radius 2 is 1.64 bits per heavy atom. The van der Waals surface area contributed by atoms with Crippen LogP contribution in [0.1, 0.15) is 35.1 Å². The first-order valence-corrected chi connectivity index (χ1v) is 10.4. The van der Waals surface area contributed by atoms with Gasteiger partial charge in [0.1, 0.15) is 0 Å². The van der Waals surface area contributed by atoms with Crippen LogP contribution in [0.5, 0.6) is 0 Å². The van der Waals surface area contributed by atoms with Crippen LogP contribution in [-0.4, -0.2) is 9.91 Å². The molecule has 2 aromatic heterocycles. The molecule has 1 aliphatic rings. The first-order chi connectivity index (χ1) is 13.6. The van der Waals surface area contributed by atoms with E-state index < -0.39 is 0 Å². The molecule has 0 fully saturated rings. The highest BCUT2D eigenvalue weighted by molar-refractivity contribution is 7.26. The van der Waals surface area contributed by atoms with Crippen LogP contribution in [0.15, 0.2) is 36.5 Å². The topological polar surface area (TPSA) is 56.0 Å². The number of hydrogen-bond acceptors (Lipinski definition) is 4. The van der Waals surface area contributed by atoms with Crippen LogP contribution in [0, 0.1) is 24.0 Å². The maximum Gasteiger partial charge on any atom is 0.269 e. The number of pyridine rings is 1. The lowest BCUT2D eigenvalue weighted by Crippen LogP contribution is -2.07. The largest absolute Gasteiger partial charge is 0.269 e. The lowest BCUT2D eigenvalue weighted by Gasteiger charge is -2.21. The molecule has 2 aromatic carbocycles. The van der Waals surface area contributed by atoms with Crippen molar-refractivity contribution >= 4 is 37.2 Å². The summed E-state index contributed by atoms with van der Waals surface area (Å²) >= 11 is 1.81. The van der Waals surface area contributed by atoms with Gasteiger partial charge in [-0.25, -0.2) is 0 Å². The van der Waals surface area contributed by atoms with E-state index in [1.807, 2.05) is 17.5 Å². The van der Waals surface area contributed by atoms with Crippen molar-refractivity contribution in [3.8, 4) is 11.3 Å². The molecule has 4 aromatic rings. The number of aryl methyl sites for hydroxylation is 2. The number of non-ortho nitro benzene ring substituents is 1. The lowest BCUT2D eigenvalue weighted by atomic mass is 9.84. The van der Waals surface area contributed by atoms with Crippen molar-refractivity contribution in [1.29, 1.82) is 0 Å². The second-order valence-electron chi connectivity index (χ2n) is 7.56. The Balaban J connectivity index is 1.80. The number of benzene rings is 2. The van der Waals surface area contributed by atoms with Gasteiger partial charge in [0.25, 0.3) is 5.69 Å². The van der Waals surface area contributed by atoms with E-state index in [1.54, 1.807) is 35.4 Å². The number of nitrogens with zero attached hydrogens (tertiary/aromatic N) is 2. The fraction of sp³-hybridized carbons (Fsp3) is 0.261. The standard InChI is InChI=1S/C23H20N2O2S/c1-13-17-5-3-4-6-18(17)14(2)22-20(13)19-11-12-24-21(23(19)28-22)15-7-9-16(10-8-15)25(26)27/h7-12H,3-6H2,1-2H3. The predicted octanol–water partition coefficient (Wildman–Crippen LogP) is 6.52. The number of aromatic nitrogens is 1. The molecule has 28 heavy (non-hydrogen) atoms. The van der Waals surface area contributed by atoms with Crippen LogP contribution in [0.3, 0.4) is 0 Å². The van der Waals surface area contributed by atoms with E-state index in [4.69, 9.17) is 0 Å². The molecule has 0 aliphatic heterocycles. The van der Waals surface area contributed by atoms with Crippen molar-refractivity contribution in [2.24, 2.45) is 0 Å². The third-order valence-electron chi connectivity index (χ3n) is 6.05. The normalized spacial score (nSPS) is 13.8. The van der Waals surface area contributed by atoms with Crippen LogP contribution in [-0.2, 0) is 12.8 Å². The minimum atomic E-state index is -0.367. The van der Waals surface area contributed by atoms with E-state index in [1.165, 1.54) is 57.0 Å². The summed E-state index contributed by atoms with van der Waals surface area (Å²) in [6, 6.07) is 8.82. The van der Waals surface area contributed by atoms with Gasteiger partial charge in [-0.05, 0) is 80.0 Å². The number of rotatable bonds is 2. The maximum atomic E-state index is 11.0. The van der Waals surface area contributed by atoms with Gasteiger partial charge in [0.2, 0.25) is 0 Å². The molecule has 0 unspecified atom stereocenters. The molecule has 140 valence electrons. The molecule has 0 amide bonds. The summed E-state index contributed by atoms with van der Waals surface area (Å²) in [5, 5.41) is 13.6. The second-order valence-corrected chi connectivity index (χ2v) is 8.58. The summed E-state index contributed by atoms with van der Waals surface area (Å²) in [6.45, 7) is 4.53. The molecule has 0 atom stereocenters. The summed E-state index contributed by atoms with van der Waals surface area (Å²) in [6.07, 6.45) is 6.77. The Hall–Kier alpha value is -2.79. The fourth-order valence-electron chi connectivity index (χ4n) is 4.63. The van der Waals surface area contributed by atoms with E-state index in [9.17, 15) is 10.1 Å². The highest BCUT2D eigenvalue weighted by Crippen LogP contribution is 2.45. The summed E-state index contributed by atoms with van der Waals surface area (Å²) in [5.41, 5.74) is 7.87. The van der Waals surface area contributed by atoms with Crippen molar-refractivity contribution in [2.45, 2.75) is 39.5 Å². The number of hydrogen-bond donors (Lipinski definition) is 0. The molecule has 0 radical (unpaired) electrons. The van der Waals surface area contributed by atoms with Crippen molar-refractivity contribution < 1.29 is 4.92 Å². The highest BCUT2D eigenvalue weighted by Gasteiger charge is 2.22. The predicted molar refractivity (Wildman–Crippen MR) is 115 cm³/mol. The molecule has 2 heterocycles. The smallest absolute Gasteiger partial charge is 0.258 e. The Bertz CT molecular complexity index is 1260. The average molecular weight is 388 g/mol. The van der Waals surface area contributed by atoms with Crippen molar-refractivity contribution in [1.82, 2.24) is 4.98 Å². The van der Waals surface area contributed by atoms with Gasteiger partial charge in [-0.15, -0.1) is 11.3 Å². The fourth-order valence-corrected chi connectivity index (χ4v) is 6.02. The van der Waals surface area contributed by atoms with Crippen LogP contribution in [0.2, 0.25) is 0 Å². The SMILES string of the molecule is Cc1c2c(c(C)c3c1sc1c(-c4ccc([N+](=O)[O-])cc4)nccc13)CCCC2. The molecule has 0 saturated carbocycles. The second kappa shape index (κ2) is 6.38. The Morgan fingerprint density at radius 1 is 0.964 bits per heavy atom. The van der Waals surface area contributed by atoms with E-state index in [2.05, 4.69) is 24.9 Å². The van der Waals surface area contributed by atoms with Gasteiger partial charge in [-0.2, -0.15) is 0 Å². The van der Waals surface area contributed by atoms with Crippen LogP contribution in [0.4, 0.5) is 5.69 Å². The molecular formula is C23H20N2O2S. The van der Waals surface area contributed by atoms with E-state index >= 15 is 0 Å². The van der Waals surface area contributed by atoms with Crippen molar-refractivity contribution in [3.63, 3.8) is 0 Å². The van der Waals surface area contributed by atoms with Crippen LogP contribution < -0.4 is 0 Å². The average Bonchev–Trinajstić information content (AvgIpc) is 3.12. The molecule has 0 N–H and O–H groups in total. The molecule has 0 spiro atoms. The summed E-state index contributed by atoms with van der Waals surface area (Å²) in [4.78, 5) is 15.2. The monoisotopic (exact) mass is 388 g/mol. The number of nitro benzene ring substituents is 1. The van der Waals surface area contributed by atoms with Gasteiger partial charge in [-0.3, -0.25) is 15.1 Å². The summed E-state index contributed by atoms with van der Waals surface area (Å²) in [5.74, 6) is 0. The van der Waals surface area contributed by atoms with Gasteiger partial charge >= 0.3 is 0 Å². The zero-order chi connectivity index (χ0) is 19.4. The van der Waals surface area contributed by atoms with Crippen LogP contribution in [0.25, 0.3) is 31.4 Å². The Kier molecular flexibility index (Phi) is 3.95. The Morgan fingerprint density at radius 3 is 2.32 bits per heavy atom. The van der Waals surface area contributed by atoms with Gasteiger partial charge in [0.05, 0.1) is 15.3 Å². The van der Waals surface area contributed by atoms with E-state index in [-0.39, 0.29) is 10.6 Å². The maximum absolute atomic E-state index is 11.0. The zero-order valence-corrected chi connectivity index (χ0v) is 16.7. The molecule has 5 rings (SSSR count). The van der Waals surface area contributed by atoms with Gasteiger partial charge in [0, 0.05) is 39.4 Å². The molecule has 1 aliphatic carbocycles. The minimum Gasteiger partial charge on any atom is -0.258 e. The third-order valence-corrected chi connectivity index (χ3v) is 7.38. The molecule has 0 saturated heterocycles. The zero-order valence-electron chi connectivity index (χ0n) is 15.9. The Labute approximate surface area is 167 Å². The number of thiophene rings is 1. The minimum absolute atomic E-state index is 0.103. The summed E-state index contributed by atoms with van der Waals surface area (Å²) < 4.78 is 2.53. The first-order valence-electron chi connectivity index (χ1n) is 9.63. The van der Waals surface area contributed by atoms with Gasteiger partial charge in [-0.1, -0.05) is 0 Å². The quantitative estimate of drug-likeness (QED) is 0.290. The molecule has 5 heteroatoms. The third kappa shape index (κ3) is 2.46. The lowest BCUT2D eigenvalue weighted by molar-refractivity contribution is -0.384. The summed E-state index contributed by atoms with van der Waals surface area (Å²) in [7, 11) is 0. The molecule has 0 bridgehead atoms. The van der Waals surface area contributed by atoms with Gasteiger partial charge in [0.15, 0.2) is 0 Å². The highest BCUT2D eigenvalue weighted by atomic mass is 32.1. The molecular weight excluding hydrogens is 368 g/mol. The van der Waals surface area contributed by atoms with Crippen molar-refractivity contribution in [2.75, 3.05) is 0 Å². The first kappa shape index (κ1) is 17.3. The van der Waals surface area contributed by atoms with E-state index in [0.29, 0.717) is 0 Å². The molecule has 4 nitrogen and oxygen atoms in total. The van der Waals surface area contributed by atoms with Crippen LogP contribution >= 0.6 is 11.3 Å². The number of fused-ring (bicyclic) bond motifs is 4. The van der Waals surface area contributed by atoms with E-state index in [0.717, 1.165) is 11.3 Å². The van der Waals surface area contributed by atoms with Crippen molar-refractivity contribution in [3.05, 3.63) is 68.9 Å². The number of nitro groups is 1. The van der Waals surface area contributed by atoms with Gasteiger partial charge < -0.3 is 0 Å².